The van der Waals surface area contributed by atoms with E-state index in [9.17, 15) is 9.59 Å². The van der Waals surface area contributed by atoms with Crippen LogP contribution >= 0.6 is 0 Å². The minimum atomic E-state index is -0.771. The van der Waals surface area contributed by atoms with Crippen LogP contribution in [0.15, 0.2) is 24.4 Å². The molecule has 1 N–H and O–H groups in total. The second kappa shape index (κ2) is 8.98. The average Bonchev–Trinajstić information content (AvgIpc) is 2.67. The first-order valence-corrected chi connectivity index (χ1v) is 9.49. The van der Waals surface area contributed by atoms with E-state index in [1.807, 2.05) is 28.0 Å². The van der Waals surface area contributed by atoms with Gasteiger partial charge >= 0.3 is 5.97 Å². The number of aromatic nitrogens is 1. The van der Waals surface area contributed by atoms with Gasteiger partial charge < -0.3 is 14.9 Å². The molecule has 142 valence electrons. The quantitative estimate of drug-likeness (QED) is 0.824. The number of hydrogen-bond donors (Lipinski definition) is 1. The van der Waals surface area contributed by atoms with Crippen molar-refractivity contribution in [2.24, 2.45) is 5.92 Å². The van der Waals surface area contributed by atoms with Gasteiger partial charge in [0.05, 0.1) is 6.54 Å². The van der Waals surface area contributed by atoms with Crippen molar-refractivity contribution >= 4 is 17.7 Å². The first-order chi connectivity index (χ1) is 12.6. The van der Waals surface area contributed by atoms with Gasteiger partial charge in [-0.1, -0.05) is 6.07 Å². The van der Waals surface area contributed by atoms with Crippen LogP contribution in [-0.2, 0) is 9.59 Å². The molecule has 0 bridgehead atoms. The Morgan fingerprint density at radius 3 is 2.65 bits per heavy atom. The van der Waals surface area contributed by atoms with Gasteiger partial charge in [0.15, 0.2) is 0 Å². The number of anilines is 1. The van der Waals surface area contributed by atoms with Gasteiger partial charge in [0, 0.05) is 45.3 Å². The van der Waals surface area contributed by atoms with E-state index < -0.39 is 5.97 Å². The lowest BCUT2D eigenvalue weighted by molar-refractivity contribution is -0.139. The van der Waals surface area contributed by atoms with E-state index in [1.54, 1.807) is 6.20 Å². The molecule has 7 nitrogen and oxygen atoms in total. The fourth-order valence-electron chi connectivity index (χ4n) is 3.93. The lowest BCUT2D eigenvalue weighted by atomic mass is 9.93. The number of rotatable bonds is 6. The minimum absolute atomic E-state index is 0.111. The number of carbonyl (C=O) groups excluding carboxylic acids is 1. The van der Waals surface area contributed by atoms with Gasteiger partial charge in [0.1, 0.15) is 5.82 Å². The van der Waals surface area contributed by atoms with Gasteiger partial charge in [-0.3, -0.25) is 14.5 Å². The first-order valence-electron chi connectivity index (χ1n) is 9.49. The molecule has 2 aliphatic heterocycles. The maximum absolute atomic E-state index is 12.5. The fourth-order valence-corrected chi connectivity index (χ4v) is 3.93. The number of carbonyl (C=O) groups is 2. The highest BCUT2D eigenvalue weighted by molar-refractivity contribution is 5.76. The number of nitrogens with zero attached hydrogens (tertiary/aromatic N) is 4. The van der Waals surface area contributed by atoms with Crippen molar-refractivity contribution in [3.8, 4) is 0 Å². The molecular weight excluding hydrogens is 332 g/mol. The number of piperidine rings is 1. The highest BCUT2D eigenvalue weighted by atomic mass is 16.4. The zero-order chi connectivity index (χ0) is 18.4. The van der Waals surface area contributed by atoms with Gasteiger partial charge in [0.25, 0.3) is 0 Å². The molecule has 0 saturated carbocycles. The molecule has 0 unspecified atom stereocenters. The Morgan fingerprint density at radius 1 is 1.15 bits per heavy atom. The lowest BCUT2D eigenvalue weighted by Gasteiger charge is -2.36. The van der Waals surface area contributed by atoms with Crippen molar-refractivity contribution in [3.63, 3.8) is 0 Å². The molecule has 0 aliphatic carbocycles. The number of carboxylic acids is 1. The molecule has 3 heterocycles. The maximum atomic E-state index is 12.5. The monoisotopic (exact) mass is 360 g/mol. The van der Waals surface area contributed by atoms with Crippen LogP contribution in [-0.4, -0.2) is 77.6 Å². The van der Waals surface area contributed by atoms with Crippen LogP contribution in [0.4, 0.5) is 5.82 Å². The van der Waals surface area contributed by atoms with Crippen LogP contribution in [0.5, 0.6) is 0 Å². The molecule has 1 aromatic heterocycles. The lowest BCUT2D eigenvalue weighted by Crippen LogP contribution is -2.49. The summed E-state index contributed by atoms with van der Waals surface area (Å²) in [6.45, 7) is 4.88. The highest BCUT2D eigenvalue weighted by Crippen LogP contribution is 2.22. The highest BCUT2D eigenvalue weighted by Gasteiger charge is 2.25. The normalized spacial score (nSPS) is 21.6. The molecule has 2 aliphatic rings. The zero-order valence-corrected chi connectivity index (χ0v) is 15.2. The van der Waals surface area contributed by atoms with Crippen LogP contribution in [0.2, 0.25) is 0 Å². The topological polar surface area (TPSA) is 77.0 Å². The Hall–Kier alpha value is -2.15. The molecule has 1 aromatic rings. The second-order valence-electron chi connectivity index (χ2n) is 7.23. The Balaban J connectivity index is 1.40. The predicted molar refractivity (Wildman–Crippen MR) is 99.1 cm³/mol. The van der Waals surface area contributed by atoms with Gasteiger partial charge in [-0.05, 0) is 43.9 Å². The Bertz CT molecular complexity index is 602. The summed E-state index contributed by atoms with van der Waals surface area (Å²) in [5, 5.41) is 8.93. The fraction of sp³-hybridized carbons (Fsp3) is 0.632. The third kappa shape index (κ3) is 5.17. The maximum Gasteiger partial charge on any atom is 0.317 e. The molecule has 2 saturated heterocycles. The van der Waals surface area contributed by atoms with Crippen molar-refractivity contribution < 1.29 is 14.7 Å². The number of carboxylic acid groups (broad SMARTS) is 1. The Labute approximate surface area is 154 Å². The van der Waals surface area contributed by atoms with Crippen LogP contribution in [0.25, 0.3) is 0 Å². The van der Waals surface area contributed by atoms with E-state index in [-0.39, 0.29) is 12.5 Å². The van der Waals surface area contributed by atoms with Crippen molar-refractivity contribution in [1.82, 2.24) is 14.8 Å². The van der Waals surface area contributed by atoms with E-state index in [0.717, 1.165) is 64.3 Å². The van der Waals surface area contributed by atoms with Gasteiger partial charge in [0.2, 0.25) is 5.91 Å². The first kappa shape index (κ1) is 18.6. The van der Waals surface area contributed by atoms with E-state index in [1.165, 1.54) is 0 Å². The zero-order valence-electron chi connectivity index (χ0n) is 15.2. The van der Waals surface area contributed by atoms with Crippen LogP contribution in [0.3, 0.4) is 0 Å². The number of amides is 1. The van der Waals surface area contributed by atoms with Crippen molar-refractivity contribution in [2.45, 2.75) is 25.7 Å². The molecule has 0 spiro atoms. The second-order valence-corrected chi connectivity index (χ2v) is 7.23. The molecule has 2 fully saturated rings. The van der Waals surface area contributed by atoms with E-state index in [4.69, 9.17) is 5.11 Å². The van der Waals surface area contributed by atoms with Gasteiger partial charge in [-0.2, -0.15) is 0 Å². The number of pyridine rings is 1. The number of likely N-dealkylation sites (tertiary alicyclic amines) is 1. The van der Waals surface area contributed by atoms with E-state index >= 15 is 0 Å². The number of hydrogen-bond acceptors (Lipinski definition) is 5. The number of aliphatic carboxylic acids is 1. The van der Waals surface area contributed by atoms with Crippen molar-refractivity contribution in [2.75, 3.05) is 50.7 Å². The molecule has 0 radical (unpaired) electrons. The van der Waals surface area contributed by atoms with Gasteiger partial charge in [-0.25, -0.2) is 4.98 Å². The van der Waals surface area contributed by atoms with Crippen LogP contribution in [0, 0.1) is 5.92 Å². The Kier molecular flexibility index (Phi) is 6.44. The van der Waals surface area contributed by atoms with Gasteiger partial charge in [-0.15, -0.1) is 0 Å². The minimum Gasteiger partial charge on any atom is -0.480 e. The summed E-state index contributed by atoms with van der Waals surface area (Å²) >= 11 is 0. The predicted octanol–water partition coefficient (Wildman–Crippen LogP) is 1.31. The Morgan fingerprint density at radius 2 is 1.96 bits per heavy atom. The molecule has 3 rings (SSSR count). The summed E-state index contributed by atoms with van der Waals surface area (Å²) in [4.78, 5) is 33.9. The molecule has 1 atom stereocenters. The van der Waals surface area contributed by atoms with E-state index in [0.29, 0.717) is 12.3 Å². The summed E-state index contributed by atoms with van der Waals surface area (Å²) in [6, 6.07) is 5.90. The summed E-state index contributed by atoms with van der Waals surface area (Å²) in [5.41, 5.74) is 0. The summed E-state index contributed by atoms with van der Waals surface area (Å²) in [6.07, 6.45) is 5.33. The number of piperazine rings is 1. The van der Waals surface area contributed by atoms with Crippen molar-refractivity contribution in [1.29, 1.82) is 0 Å². The average molecular weight is 360 g/mol. The van der Waals surface area contributed by atoms with Crippen LogP contribution < -0.4 is 4.90 Å². The third-order valence-corrected chi connectivity index (χ3v) is 5.33. The summed E-state index contributed by atoms with van der Waals surface area (Å²) in [5.74, 6) is 0.857. The SMILES string of the molecule is O=C(O)CN1CCC[C@@H](CCC(=O)N2CCN(c3ccccn3)CC2)C1. The molecule has 26 heavy (non-hydrogen) atoms. The third-order valence-electron chi connectivity index (χ3n) is 5.33. The van der Waals surface area contributed by atoms with Crippen molar-refractivity contribution in [3.05, 3.63) is 24.4 Å². The summed E-state index contributed by atoms with van der Waals surface area (Å²) < 4.78 is 0. The molecule has 7 heteroatoms. The molecular formula is C19H28N4O3. The molecule has 0 aromatic carbocycles. The van der Waals surface area contributed by atoms with E-state index in [2.05, 4.69) is 9.88 Å². The largest absolute Gasteiger partial charge is 0.480 e. The standard InChI is InChI=1S/C19H28N4O3/c24-18(7-6-16-4-3-9-21(14-16)15-19(25)26)23-12-10-22(11-13-23)17-5-1-2-8-20-17/h1-2,5,8,16H,3-4,6-7,9-15H2,(H,25,26)/t16-/m0/s1. The molecule has 1 amide bonds. The van der Waals surface area contributed by atoms with Crippen LogP contribution in [0.1, 0.15) is 25.7 Å². The smallest absolute Gasteiger partial charge is 0.317 e. The summed E-state index contributed by atoms with van der Waals surface area (Å²) in [7, 11) is 0.